The van der Waals surface area contributed by atoms with Crippen LogP contribution in [0.1, 0.15) is 57.4 Å². The molecule has 1 rings (SSSR count). The van der Waals surface area contributed by atoms with E-state index < -0.39 is 0 Å². The van der Waals surface area contributed by atoms with Gasteiger partial charge in [0.15, 0.2) is 5.78 Å². The molecule has 1 heterocycles. The summed E-state index contributed by atoms with van der Waals surface area (Å²) in [4.78, 5) is 11.7. The quantitative estimate of drug-likeness (QED) is 0.550. The molecular formula is C14H26N4O. The van der Waals surface area contributed by atoms with E-state index in [0.717, 1.165) is 25.9 Å². The van der Waals surface area contributed by atoms with E-state index in [4.69, 9.17) is 0 Å². The van der Waals surface area contributed by atoms with Crippen LogP contribution in [0.4, 0.5) is 0 Å². The van der Waals surface area contributed by atoms with Crippen LogP contribution in [-0.2, 0) is 6.54 Å². The molecule has 1 aromatic rings. The maximum atomic E-state index is 11.7. The molecule has 0 fully saturated rings. The molecule has 0 aliphatic rings. The minimum atomic E-state index is -0.0211. The van der Waals surface area contributed by atoms with Gasteiger partial charge in [0.25, 0.3) is 0 Å². The number of hydrogen-bond donors (Lipinski definition) is 1. The zero-order valence-corrected chi connectivity index (χ0v) is 12.5. The first-order chi connectivity index (χ1) is 9.00. The monoisotopic (exact) mass is 266 g/mol. The van der Waals surface area contributed by atoms with Crippen molar-refractivity contribution >= 4 is 5.78 Å². The van der Waals surface area contributed by atoms with E-state index >= 15 is 0 Å². The SMILES string of the molecule is CC(C)NCCCCCn1cc(C(=O)C(C)C)nn1. The number of carbonyl (C=O) groups excluding carboxylic acids is 1. The lowest BCUT2D eigenvalue weighted by atomic mass is 10.1. The molecular weight excluding hydrogens is 240 g/mol. The molecule has 0 saturated carbocycles. The Morgan fingerprint density at radius 2 is 2.00 bits per heavy atom. The molecule has 0 radical (unpaired) electrons. The van der Waals surface area contributed by atoms with Crippen LogP contribution >= 0.6 is 0 Å². The number of aromatic nitrogens is 3. The normalized spacial score (nSPS) is 11.5. The Morgan fingerprint density at radius 1 is 1.26 bits per heavy atom. The van der Waals surface area contributed by atoms with E-state index in [1.54, 1.807) is 10.9 Å². The lowest BCUT2D eigenvalue weighted by Crippen LogP contribution is -2.23. The Morgan fingerprint density at radius 3 is 2.63 bits per heavy atom. The number of carbonyl (C=O) groups is 1. The maximum absolute atomic E-state index is 11.7. The second kappa shape index (κ2) is 8.04. The standard InChI is InChI=1S/C14H26N4O/c1-11(2)14(19)13-10-18(17-16-13)9-7-5-6-8-15-12(3)4/h10-12,15H,5-9H2,1-4H3. The van der Waals surface area contributed by atoms with Crippen LogP contribution in [0, 0.1) is 5.92 Å². The molecule has 0 bridgehead atoms. The van der Waals surface area contributed by atoms with Crippen molar-refractivity contribution in [2.45, 2.75) is 59.5 Å². The average Bonchev–Trinajstić information content (AvgIpc) is 2.80. The molecule has 1 N–H and O–H groups in total. The van der Waals surface area contributed by atoms with Gasteiger partial charge in [0.1, 0.15) is 5.69 Å². The van der Waals surface area contributed by atoms with E-state index in [1.807, 2.05) is 13.8 Å². The van der Waals surface area contributed by atoms with Crippen LogP contribution in [0.15, 0.2) is 6.20 Å². The molecule has 0 aliphatic carbocycles. The third-order valence-electron chi connectivity index (χ3n) is 2.93. The fraction of sp³-hybridized carbons (Fsp3) is 0.786. The molecule has 19 heavy (non-hydrogen) atoms. The van der Waals surface area contributed by atoms with E-state index in [9.17, 15) is 4.79 Å². The first-order valence-corrected chi connectivity index (χ1v) is 7.18. The predicted molar refractivity (Wildman–Crippen MR) is 76.2 cm³/mol. The summed E-state index contributed by atoms with van der Waals surface area (Å²) in [7, 11) is 0. The molecule has 1 aromatic heterocycles. The van der Waals surface area contributed by atoms with Crippen molar-refractivity contribution in [3.63, 3.8) is 0 Å². The molecule has 5 heteroatoms. The summed E-state index contributed by atoms with van der Waals surface area (Å²) >= 11 is 0. The van der Waals surface area contributed by atoms with Gasteiger partial charge in [-0.15, -0.1) is 5.10 Å². The lowest BCUT2D eigenvalue weighted by molar-refractivity contribution is 0.0934. The number of nitrogens with one attached hydrogen (secondary N) is 1. The van der Waals surface area contributed by atoms with Gasteiger partial charge in [-0.25, -0.2) is 0 Å². The van der Waals surface area contributed by atoms with Crippen molar-refractivity contribution in [1.82, 2.24) is 20.3 Å². The molecule has 0 aliphatic heterocycles. The second-order valence-corrected chi connectivity index (χ2v) is 5.56. The van der Waals surface area contributed by atoms with Gasteiger partial charge in [0, 0.05) is 18.5 Å². The zero-order chi connectivity index (χ0) is 14.3. The number of rotatable bonds is 9. The fourth-order valence-electron chi connectivity index (χ4n) is 1.78. The Labute approximate surface area is 115 Å². The van der Waals surface area contributed by atoms with Crippen LogP contribution < -0.4 is 5.32 Å². The number of Topliss-reactive ketones (excluding diaryl/α,β-unsaturated/α-hetero) is 1. The first-order valence-electron chi connectivity index (χ1n) is 7.18. The van der Waals surface area contributed by atoms with E-state index in [0.29, 0.717) is 11.7 Å². The van der Waals surface area contributed by atoms with Gasteiger partial charge in [0.2, 0.25) is 0 Å². The minimum absolute atomic E-state index is 0.0211. The summed E-state index contributed by atoms with van der Waals surface area (Å²) in [5, 5.41) is 11.3. The largest absolute Gasteiger partial charge is 0.315 e. The van der Waals surface area contributed by atoms with Gasteiger partial charge < -0.3 is 5.32 Å². The molecule has 0 amide bonds. The summed E-state index contributed by atoms with van der Waals surface area (Å²) in [6.45, 7) is 9.96. The summed E-state index contributed by atoms with van der Waals surface area (Å²) < 4.78 is 1.77. The molecule has 0 spiro atoms. The van der Waals surface area contributed by atoms with Crippen molar-refractivity contribution in [1.29, 1.82) is 0 Å². The van der Waals surface area contributed by atoms with Crippen molar-refractivity contribution in [3.8, 4) is 0 Å². The highest BCUT2D eigenvalue weighted by Crippen LogP contribution is 2.05. The molecule has 0 unspecified atom stereocenters. The van der Waals surface area contributed by atoms with E-state index in [1.165, 1.54) is 6.42 Å². The predicted octanol–water partition coefficient (Wildman–Crippen LogP) is 2.29. The van der Waals surface area contributed by atoms with Crippen molar-refractivity contribution in [2.75, 3.05) is 6.54 Å². The smallest absolute Gasteiger partial charge is 0.187 e. The third kappa shape index (κ3) is 5.96. The number of nitrogens with zero attached hydrogens (tertiary/aromatic N) is 3. The Balaban J connectivity index is 2.22. The number of hydrogen-bond acceptors (Lipinski definition) is 4. The highest BCUT2D eigenvalue weighted by Gasteiger charge is 2.14. The van der Waals surface area contributed by atoms with Gasteiger partial charge in [-0.1, -0.05) is 39.3 Å². The summed E-state index contributed by atoms with van der Waals surface area (Å²) in [5.41, 5.74) is 0.483. The third-order valence-corrected chi connectivity index (χ3v) is 2.93. The van der Waals surface area contributed by atoms with Crippen molar-refractivity contribution in [3.05, 3.63) is 11.9 Å². The van der Waals surface area contributed by atoms with Gasteiger partial charge in [-0.05, 0) is 19.4 Å². The van der Waals surface area contributed by atoms with Crippen LogP contribution in [-0.4, -0.2) is 33.4 Å². The van der Waals surface area contributed by atoms with Crippen molar-refractivity contribution in [2.24, 2.45) is 5.92 Å². The molecule has 108 valence electrons. The number of aryl methyl sites for hydroxylation is 1. The lowest BCUT2D eigenvalue weighted by Gasteiger charge is -2.07. The maximum Gasteiger partial charge on any atom is 0.187 e. The van der Waals surface area contributed by atoms with Gasteiger partial charge in [-0.2, -0.15) is 0 Å². The Kier molecular flexibility index (Phi) is 6.70. The van der Waals surface area contributed by atoms with Crippen LogP contribution in [0.3, 0.4) is 0 Å². The van der Waals surface area contributed by atoms with Crippen LogP contribution in [0.25, 0.3) is 0 Å². The zero-order valence-electron chi connectivity index (χ0n) is 12.5. The average molecular weight is 266 g/mol. The number of ketones is 1. The second-order valence-electron chi connectivity index (χ2n) is 5.56. The van der Waals surface area contributed by atoms with Gasteiger partial charge in [-0.3, -0.25) is 9.48 Å². The molecule has 0 aromatic carbocycles. The van der Waals surface area contributed by atoms with Crippen LogP contribution in [0.5, 0.6) is 0 Å². The first kappa shape index (κ1) is 15.8. The summed E-state index contributed by atoms with van der Waals surface area (Å²) in [5.74, 6) is 0.0413. The van der Waals surface area contributed by atoms with E-state index in [2.05, 4.69) is 29.5 Å². The van der Waals surface area contributed by atoms with Crippen molar-refractivity contribution < 1.29 is 4.79 Å². The number of unbranched alkanes of at least 4 members (excludes halogenated alkanes) is 2. The van der Waals surface area contributed by atoms with Gasteiger partial charge in [0.05, 0.1) is 6.20 Å². The Bertz CT molecular complexity index is 385. The summed E-state index contributed by atoms with van der Waals surface area (Å²) in [6, 6.07) is 0.555. The highest BCUT2D eigenvalue weighted by molar-refractivity contribution is 5.95. The van der Waals surface area contributed by atoms with E-state index in [-0.39, 0.29) is 11.7 Å². The summed E-state index contributed by atoms with van der Waals surface area (Å²) in [6.07, 6.45) is 5.16. The highest BCUT2D eigenvalue weighted by atomic mass is 16.1. The Hall–Kier alpha value is -1.23. The molecule has 5 nitrogen and oxygen atoms in total. The minimum Gasteiger partial charge on any atom is -0.315 e. The topological polar surface area (TPSA) is 59.8 Å². The van der Waals surface area contributed by atoms with Gasteiger partial charge >= 0.3 is 0 Å². The molecule has 0 atom stereocenters. The fourth-order valence-corrected chi connectivity index (χ4v) is 1.78. The molecule has 0 saturated heterocycles. The van der Waals surface area contributed by atoms with Crippen LogP contribution in [0.2, 0.25) is 0 Å².